The molecule has 146 valence electrons. The number of benzene rings is 2. The minimum Gasteiger partial charge on any atom is -0.357 e. The molecule has 0 aliphatic heterocycles. The lowest BCUT2D eigenvalue weighted by Gasteiger charge is -2.12. The highest BCUT2D eigenvalue weighted by Crippen LogP contribution is 2.10. The van der Waals surface area contributed by atoms with Crippen molar-refractivity contribution in [2.75, 3.05) is 25.0 Å². The van der Waals surface area contributed by atoms with Crippen LogP contribution in [0.5, 0.6) is 0 Å². The molecule has 0 aliphatic rings. The fourth-order valence-electron chi connectivity index (χ4n) is 2.64. The van der Waals surface area contributed by atoms with Crippen LogP contribution in [0.1, 0.15) is 23.6 Å². The van der Waals surface area contributed by atoms with E-state index in [4.69, 9.17) is 6.42 Å². The second-order valence-electron chi connectivity index (χ2n) is 6.22. The first-order valence-corrected chi connectivity index (χ1v) is 9.15. The highest BCUT2D eigenvalue weighted by atomic mass is 19.1. The van der Waals surface area contributed by atoms with Gasteiger partial charge in [0.05, 0.1) is 0 Å². The first-order chi connectivity index (χ1) is 13.5. The normalized spacial score (nSPS) is 10.9. The van der Waals surface area contributed by atoms with Crippen molar-refractivity contribution in [3.8, 4) is 12.3 Å². The molecule has 0 saturated heterocycles. The van der Waals surface area contributed by atoms with Crippen LogP contribution in [-0.2, 0) is 11.2 Å². The Morgan fingerprint density at radius 1 is 1.21 bits per heavy atom. The molecule has 2 rings (SSSR count). The molecular weight excluding hydrogens is 355 g/mol. The van der Waals surface area contributed by atoms with E-state index in [1.54, 1.807) is 30.3 Å². The second kappa shape index (κ2) is 10.7. The van der Waals surface area contributed by atoms with Gasteiger partial charge in [-0.05, 0) is 61.7 Å². The van der Waals surface area contributed by atoms with Crippen molar-refractivity contribution in [1.82, 2.24) is 10.6 Å². The average molecular weight is 380 g/mol. The molecule has 0 bridgehead atoms. The standard InChI is InChI=1S/C22H25FN4O/c1-4-17-7-6-8-20(14-17)27-21(28)15-26-22(24-5-2)25-12-11-18-9-10-19(23)13-16(18)3/h1,6-10,13-14H,5,11-12,15H2,2-3H3,(H,27,28)(H2,24,25,26). The van der Waals surface area contributed by atoms with Crippen LogP contribution >= 0.6 is 0 Å². The number of nitrogens with zero attached hydrogens (tertiary/aromatic N) is 1. The summed E-state index contributed by atoms with van der Waals surface area (Å²) in [6, 6.07) is 11.9. The van der Waals surface area contributed by atoms with Gasteiger partial charge in [0, 0.05) is 24.3 Å². The van der Waals surface area contributed by atoms with E-state index in [0.717, 1.165) is 17.5 Å². The number of rotatable bonds is 7. The monoisotopic (exact) mass is 380 g/mol. The number of aliphatic imine (C=N–C) groups is 1. The number of nitrogens with one attached hydrogen (secondary N) is 3. The molecule has 0 aliphatic carbocycles. The van der Waals surface area contributed by atoms with Crippen LogP contribution in [0.2, 0.25) is 0 Å². The zero-order valence-electron chi connectivity index (χ0n) is 16.2. The van der Waals surface area contributed by atoms with Gasteiger partial charge in [0.25, 0.3) is 0 Å². The number of carbonyl (C=O) groups excluding carboxylic acids is 1. The van der Waals surface area contributed by atoms with E-state index in [1.807, 2.05) is 13.8 Å². The number of guanidine groups is 1. The molecule has 0 unspecified atom stereocenters. The summed E-state index contributed by atoms with van der Waals surface area (Å²) in [6.45, 7) is 5.10. The lowest BCUT2D eigenvalue weighted by atomic mass is 10.1. The molecule has 0 heterocycles. The Kier molecular flexibility index (Phi) is 8.04. The maximum absolute atomic E-state index is 13.2. The van der Waals surface area contributed by atoms with Gasteiger partial charge >= 0.3 is 0 Å². The Labute approximate surface area is 165 Å². The quantitative estimate of drug-likeness (QED) is 0.393. The first-order valence-electron chi connectivity index (χ1n) is 9.15. The zero-order valence-corrected chi connectivity index (χ0v) is 16.2. The van der Waals surface area contributed by atoms with Crippen LogP contribution in [0.4, 0.5) is 10.1 Å². The molecule has 6 heteroatoms. The summed E-state index contributed by atoms with van der Waals surface area (Å²) in [7, 11) is 0. The molecule has 5 nitrogen and oxygen atoms in total. The van der Waals surface area contributed by atoms with Gasteiger partial charge < -0.3 is 16.0 Å². The van der Waals surface area contributed by atoms with Crippen LogP contribution in [0.15, 0.2) is 47.5 Å². The molecule has 0 saturated carbocycles. The number of halogens is 1. The van der Waals surface area contributed by atoms with Crippen LogP contribution in [-0.4, -0.2) is 31.5 Å². The van der Waals surface area contributed by atoms with Gasteiger partial charge in [0.2, 0.25) is 5.91 Å². The van der Waals surface area contributed by atoms with Gasteiger partial charge in [-0.1, -0.05) is 18.1 Å². The van der Waals surface area contributed by atoms with Crippen molar-refractivity contribution in [3.05, 3.63) is 65.0 Å². The van der Waals surface area contributed by atoms with E-state index < -0.39 is 0 Å². The maximum atomic E-state index is 13.2. The predicted octanol–water partition coefficient (Wildman–Crippen LogP) is 2.85. The van der Waals surface area contributed by atoms with Gasteiger partial charge in [-0.25, -0.2) is 9.38 Å². The van der Waals surface area contributed by atoms with Crippen molar-refractivity contribution in [1.29, 1.82) is 0 Å². The SMILES string of the molecule is C#Cc1cccc(NC(=O)CN=C(NCC)NCCc2ccc(F)cc2C)c1. The number of terminal acetylenes is 1. The van der Waals surface area contributed by atoms with Gasteiger partial charge in [-0.3, -0.25) is 4.79 Å². The molecule has 3 N–H and O–H groups in total. The molecule has 2 aromatic carbocycles. The Bertz CT molecular complexity index is 886. The number of aryl methyl sites for hydroxylation is 1. The summed E-state index contributed by atoms with van der Waals surface area (Å²) < 4.78 is 13.2. The molecule has 0 aromatic heterocycles. The van der Waals surface area contributed by atoms with Crippen LogP contribution in [0.25, 0.3) is 0 Å². The smallest absolute Gasteiger partial charge is 0.246 e. The Morgan fingerprint density at radius 2 is 2.04 bits per heavy atom. The highest BCUT2D eigenvalue weighted by molar-refractivity contribution is 5.94. The maximum Gasteiger partial charge on any atom is 0.246 e. The van der Waals surface area contributed by atoms with E-state index in [0.29, 0.717) is 30.3 Å². The number of carbonyl (C=O) groups is 1. The zero-order chi connectivity index (χ0) is 20.4. The van der Waals surface area contributed by atoms with E-state index in [2.05, 4.69) is 26.9 Å². The molecule has 2 aromatic rings. The van der Waals surface area contributed by atoms with Crippen LogP contribution in [0, 0.1) is 25.1 Å². The van der Waals surface area contributed by atoms with E-state index in [-0.39, 0.29) is 18.3 Å². The van der Waals surface area contributed by atoms with Gasteiger partial charge in [-0.15, -0.1) is 6.42 Å². The molecule has 0 radical (unpaired) electrons. The minimum absolute atomic E-state index is 0.0226. The summed E-state index contributed by atoms with van der Waals surface area (Å²) in [6.07, 6.45) is 6.09. The summed E-state index contributed by atoms with van der Waals surface area (Å²) in [5, 5.41) is 9.07. The predicted molar refractivity (Wildman–Crippen MR) is 112 cm³/mol. The Morgan fingerprint density at radius 3 is 2.75 bits per heavy atom. The molecule has 28 heavy (non-hydrogen) atoms. The molecule has 0 fully saturated rings. The third-order valence-electron chi connectivity index (χ3n) is 4.03. The minimum atomic E-state index is -0.235. The number of hydrogen-bond donors (Lipinski definition) is 3. The summed E-state index contributed by atoms with van der Waals surface area (Å²) in [5.74, 6) is 2.61. The van der Waals surface area contributed by atoms with E-state index in [9.17, 15) is 9.18 Å². The number of hydrogen-bond acceptors (Lipinski definition) is 2. The van der Waals surface area contributed by atoms with E-state index >= 15 is 0 Å². The summed E-state index contributed by atoms with van der Waals surface area (Å²) >= 11 is 0. The molecule has 0 spiro atoms. The van der Waals surface area contributed by atoms with Gasteiger partial charge in [-0.2, -0.15) is 0 Å². The van der Waals surface area contributed by atoms with Crippen molar-refractivity contribution in [3.63, 3.8) is 0 Å². The highest BCUT2D eigenvalue weighted by Gasteiger charge is 2.05. The fourth-order valence-corrected chi connectivity index (χ4v) is 2.64. The topological polar surface area (TPSA) is 65.5 Å². The average Bonchev–Trinajstić information content (AvgIpc) is 2.68. The Hall–Kier alpha value is -3.33. The third kappa shape index (κ3) is 6.76. The largest absolute Gasteiger partial charge is 0.357 e. The first kappa shape index (κ1) is 21.0. The van der Waals surface area contributed by atoms with Gasteiger partial charge in [0.1, 0.15) is 12.4 Å². The number of anilines is 1. The molecular formula is C22H25FN4O. The summed E-state index contributed by atoms with van der Waals surface area (Å²) in [5.41, 5.74) is 3.32. The van der Waals surface area contributed by atoms with Crippen molar-refractivity contribution in [2.45, 2.75) is 20.3 Å². The van der Waals surface area contributed by atoms with Crippen LogP contribution < -0.4 is 16.0 Å². The second-order valence-corrected chi connectivity index (χ2v) is 6.22. The van der Waals surface area contributed by atoms with Crippen LogP contribution in [0.3, 0.4) is 0 Å². The fraction of sp³-hybridized carbons (Fsp3) is 0.273. The van der Waals surface area contributed by atoms with Gasteiger partial charge in [0.15, 0.2) is 5.96 Å². The lowest BCUT2D eigenvalue weighted by Crippen LogP contribution is -2.39. The number of amides is 1. The molecule has 0 atom stereocenters. The van der Waals surface area contributed by atoms with Crippen molar-refractivity contribution in [2.24, 2.45) is 4.99 Å². The Balaban J connectivity index is 1.88. The van der Waals surface area contributed by atoms with E-state index in [1.165, 1.54) is 12.1 Å². The molecule has 1 amide bonds. The summed E-state index contributed by atoms with van der Waals surface area (Å²) in [4.78, 5) is 16.4. The third-order valence-corrected chi connectivity index (χ3v) is 4.03. The lowest BCUT2D eigenvalue weighted by molar-refractivity contribution is -0.114. The van der Waals surface area contributed by atoms with Crippen molar-refractivity contribution < 1.29 is 9.18 Å². The van der Waals surface area contributed by atoms with Crippen molar-refractivity contribution >= 4 is 17.6 Å².